The Hall–Kier alpha value is -5.88. The van der Waals surface area contributed by atoms with E-state index in [0.717, 1.165) is 98.2 Å². The Morgan fingerprint density at radius 2 is 0.717 bits per heavy atom. The Morgan fingerprint density at radius 1 is 0.413 bits per heavy atom. The topological polar surface area (TPSA) is 68.7 Å². The van der Waals surface area contributed by atoms with Gasteiger partial charge in [0, 0.05) is 32.3 Å². The highest BCUT2D eigenvalue weighted by Gasteiger charge is 2.24. The van der Waals surface area contributed by atoms with E-state index in [1.807, 2.05) is 12.1 Å². The Kier molecular flexibility index (Phi) is 4.07. The minimum Gasteiger partial charge on any atom is -0.268 e. The number of nitrogens with zero attached hydrogens (tertiary/aromatic N) is 4. The molecule has 6 heteroatoms. The molecule has 0 N–H and O–H groups in total. The van der Waals surface area contributed by atoms with Crippen molar-refractivity contribution in [3.8, 4) is 0 Å². The number of hydrogen-bond donors (Lipinski definition) is 0. The molecule has 0 saturated heterocycles. The van der Waals surface area contributed by atoms with Gasteiger partial charge in [0.05, 0.1) is 22.1 Å². The van der Waals surface area contributed by atoms with E-state index in [1.54, 1.807) is 8.80 Å². The lowest BCUT2D eigenvalue weighted by atomic mass is 9.86. The highest BCUT2D eigenvalue weighted by atomic mass is 16.1. The number of pyridine rings is 2. The van der Waals surface area contributed by atoms with E-state index in [0.29, 0.717) is 22.1 Å². The molecule has 0 fully saturated rings. The number of imidazole rings is 2. The second kappa shape index (κ2) is 7.66. The summed E-state index contributed by atoms with van der Waals surface area (Å²) in [4.78, 5) is 38.4. The van der Waals surface area contributed by atoms with Crippen molar-refractivity contribution in [3.05, 3.63) is 116 Å². The summed E-state index contributed by atoms with van der Waals surface area (Å²) < 4.78 is 3.56. The van der Waals surface area contributed by atoms with Crippen LogP contribution in [0, 0.1) is 27.7 Å². The standard InChI is InChI=1S/C40H24N4O2/c1-17-13-29-31(15-19(17)3)43-37(41-29)25-9-5-21-24-8-12-28-36-26(38-42-30-14-18(2)20(4)16-32(30)44(38)40(28)46)10-6-22(34(24)36)23-7-11-27(39(43)45)35(25)33(21)23/h5-16H,1-4H3. The molecule has 0 aliphatic heterocycles. The average Bonchev–Trinajstić information content (AvgIpc) is 3.60. The minimum atomic E-state index is -0.0528. The lowest BCUT2D eigenvalue weighted by molar-refractivity contribution is 1.18. The Labute approximate surface area is 259 Å². The van der Waals surface area contributed by atoms with Crippen molar-refractivity contribution in [1.82, 2.24) is 18.8 Å². The Morgan fingerprint density at radius 3 is 1.11 bits per heavy atom. The van der Waals surface area contributed by atoms with Gasteiger partial charge < -0.3 is 0 Å². The first-order chi connectivity index (χ1) is 22.3. The molecule has 4 heterocycles. The van der Waals surface area contributed by atoms with Gasteiger partial charge in [-0.15, -0.1) is 0 Å². The van der Waals surface area contributed by atoms with Gasteiger partial charge in [0.2, 0.25) is 0 Å². The zero-order chi connectivity index (χ0) is 30.9. The van der Waals surface area contributed by atoms with Crippen molar-refractivity contribution < 1.29 is 0 Å². The normalized spacial score (nSPS) is 13.0. The third-order valence-electron chi connectivity index (χ3n) is 10.8. The summed E-state index contributed by atoms with van der Waals surface area (Å²) in [5.41, 5.74) is 9.18. The monoisotopic (exact) mass is 592 g/mol. The molecule has 0 aliphatic carbocycles. The molecule has 6 nitrogen and oxygen atoms in total. The van der Waals surface area contributed by atoms with E-state index in [1.165, 1.54) is 0 Å². The molecule has 11 aromatic rings. The molecular formula is C40H24N4O2. The number of fused-ring (bicyclic) bond motifs is 10. The van der Waals surface area contributed by atoms with Crippen molar-refractivity contribution in [2.24, 2.45) is 0 Å². The summed E-state index contributed by atoms with van der Waals surface area (Å²) >= 11 is 0. The molecular weight excluding hydrogens is 568 g/mol. The van der Waals surface area contributed by atoms with Crippen LogP contribution in [0.2, 0.25) is 0 Å². The molecule has 0 amide bonds. The van der Waals surface area contributed by atoms with Crippen molar-refractivity contribution >= 4 is 98.0 Å². The summed E-state index contributed by atoms with van der Waals surface area (Å²) in [7, 11) is 0. The summed E-state index contributed by atoms with van der Waals surface area (Å²) in [6, 6.07) is 25.0. The van der Waals surface area contributed by atoms with Crippen molar-refractivity contribution in [3.63, 3.8) is 0 Å². The van der Waals surface area contributed by atoms with E-state index in [-0.39, 0.29) is 11.1 Å². The van der Waals surface area contributed by atoms with Crippen LogP contribution in [0.25, 0.3) is 98.0 Å². The first-order valence-corrected chi connectivity index (χ1v) is 15.6. The van der Waals surface area contributed by atoms with Crippen LogP contribution in [-0.2, 0) is 0 Å². The Bertz CT molecular complexity index is 3090. The van der Waals surface area contributed by atoms with Gasteiger partial charge in [-0.2, -0.15) is 0 Å². The smallest absolute Gasteiger partial charge is 0.264 e. The van der Waals surface area contributed by atoms with Gasteiger partial charge >= 0.3 is 0 Å². The maximum atomic E-state index is 14.2. The zero-order valence-corrected chi connectivity index (χ0v) is 25.5. The molecule has 0 radical (unpaired) electrons. The molecule has 4 aromatic heterocycles. The van der Waals surface area contributed by atoms with E-state index >= 15 is 0 Å². The molecule has 0 saturated carbocycles. The van der Waals surface area contributed by atoms with Crippen LogP contribution in [0.1, 0.15) is 22.3 Å². The molecule has 46 heavy (non-hydrogen) atoms. The second-order valence-electron chi connectivity index (χ2n) is 13.1. The molecule has 0 spiro atoms. The van der Waals surface area contributed by atoms with Gasteiger partial charge in [0.25, 0.3) is 11.1 Å². The number of rotatable bonds is 0. The predicted molar refractivity (Wildman–Crippen MR) is 189 cm³/mol. The molecule has 7 aromatic carbocycles. The maximum Gasteiger partial charge on any atom is 0.264 e. The number of aryl methyl sites for hydroxylation is 4. The molecule has 0 unspecified atom stereocenters. The maximum absolute atomic E-state index is 14.2. The quantitative estimate of drug-likeness (QED) is 0.131. The first kappa shape index (κ1) is 24.4. The van der Waals surface area contributed by atoms with Gasteiger partial charge in [0.1, 0.15) is 11.3 Å². The molecule has 0 aliphatic rings. The second-order valence-corrected chi connectivity index (χ2v) is 13.1. The summed E-state index contributed by atoms with van der Waals surface area (Å²) in [5.74, 6) is 0. The van der Waals surface area contributed by atoms with E-state index in [4.69, 9.17) is 9.97 Å². The molecule has 0 atom stereocenters. The van der Waals surface area contributed by atoms with Crippen LogP contribution in [0.5, 0.6) is 0 Å². The van der Waals surface area contributed by atoms with E-state index < -0.39 is 0 Å². The average molecular weight is 593 g/mol. The van der Waals surface area contributed by atoms with Crippen molar-refractivity contribution in [2.75, 3.05) is 0 Å². The molecule has 216 valence electrons. The fourth-order valence-corrected chi connectivity index (χ4v) is 8.30. The largest absolute Gasteiger partial charge is 0.268 e. The highest BCUT2D eigenvalue weighted by Crippen LogP contribution is 2.45. The van der Waals surface area contributed by atoms with Gasteiger partial charge in [-0.05, 0) is 131 Å². The lowest BCUT2D eigenvalue weighted by Gasteiger charge is -2.18. The first-order valence-electron chi connectivity index (χ1n) is 15.6. The third kappa shape index (κ3) is 2.60. The van der Waals surface area contributed by atoms with Crippen LogP contribution in [0.4, 0.5) is 0 Å². The zero-order valence-electron chi connectivity index (χ0n) is 25.5. The molecule has 11 rings (SSSR count). The number of hydrogen-bond acceptors (Lipinski definition) is 4. The van der Waals surface area contributed by atoms with Gasteiger partial charge in [-0.1, -0.05) is 24.3 Å². The van der Waals surface area contributed by atoms with Crippen LogP contribution in [0.3, 0.4) is 0 Å². The lowest BCUT2D eigenvalue weighted by Crippen LogP contribution is -2.14. The van der Waals surface area contributed by atoms with Crippen LogP contribution in [-0.4, -0.2) is 18.8 Å². The van der Waals surface area contributed by atoms with Crippen LogP contribution < -0.4 is 11.1 Å². The Balaban J connectivity index is 1.35. The van der Waals surface area contributed by atoms with Crippen molar-refractivity contribution in [1.29, 1.82) is 0 Å². The van der Waals surface area contributed by atoms with Gasteiger partial charge in [0.15, 0.2) is 0 Å². The minimum absolute atomic E-state index is 0.0528. The molecule has 0 bridgehead atoms. The van der Waals surface area contributed by atoms with Crippen LogP contribution in [0.15, 0.2) is 82.4 Å². The summed E-state index contributed by atoms with van der Waals surface area (Å²) in [6.45, 7) is 8.29. The fourth-order valence-electron chi connectivity index (χ4n) is 8.30. The van der Waals surface area contributed by atoms with Crippen LogP contribution >= 0.6 is 0 Å². The highest BCUT2D eigenvalue weighted by molar-refractivity contribution is 6.40. The number of aromatic nitrogens is 4. The number of benzene rings is 7. The summed E-state index contributed by atoms with van der Waals surface area (Å²) in [5, 5.41) is 11.6. The predicted octanol–water partition coefficient (Wildman–Crippen LogP) is 8.48. The van der Waals surface area contributed by atoms with Crippen molar-refractivity contribution in [2.45, 2.75) is 27.7 Å². The fraction of sp³-hybridized carbons (Fsp3) is 0.100. The van der Waals surface area contributed by atoms with E-state index in [9.17, 15) is 9.59 Å². The third-order valence-corrected chi connectivity index (χ3v) is 10.8. The van der Waals surface area contributed by atoms with Gasteiger partial charge in [-0.3, -0.25) is 18.4 Å². The SMILES string of the molecule is Cc1cc2nc3c4ccc5c6ccc7c(=O)n8c9cc(C)c(C)cc9nc8c8ccc(c9ccc(c(=O)n3c2cc1C)c4c95)c6c78. The van der Waals surface area contributed by atoms with E-state index in [2.05, 4.69) is 88.4 Å². The summed E-state index contributed by atoms with van der Waals surface area (Å²) in [6.07, 6.45) is 0. The van der Waals surface area contributed by atoms with Gasteiger partial charge in [-0.25, -0.2) is 9.97 Å².